The Kier molecular flexibility index (Phi) is 3.97. The van der Waals surface area contributed by atoms with E-state index in [9.17, 15) is 4.79 Å². The lowest BCUT2D eigenvalue weighted by Crippen LogP contribution is -2.03. The fourth-order valence-electron chi connectivity index (χ4n) is 1.52. The first-order valence-corrected chi connectivity index (χ1v) is 5.91. The molecule has 1 aromatic carbocycles. The molecule has 19 heavy (non-hydrogen) atoms. The summed E-state index contributed by atoms with van der Waals surface area (Å²) in [5.74, 6) is 1.15. The van der Waals surface area contributed by atoms with Crippen LogP contribution in [0.1, 0.15) is 0 Å². The molecular weight excluding hydrogens is 293 g/mol. The molecule has 0 atom stereocenters. The Morgan fingerprint density at radius 2 is 1.79 bits per heavy atom. The van der Waals surface area contributed by atoms with Gasteiger partial charge in [0.15, 0.2) is 22.4 Å². The van der Waals surface area contributed by atoms with E-state index >= 15 is 0 Å². The molecule has 0 saturated carbocycles. The van der Waals surface area contributed by atoms with Gasteiger partial charge in [0.25, 0.3) is 0 Å². The molecule has 0 radical (unpaired) electrons. The highest BCUT2D eigenvalue weighted by atomic mass is 35.5. The van der Waals surface area contributed by atoms with Crippen molar-refractivity contribution in [2.45, 2.75) is 0 Å². The molecule has 100 valence electrons. The largest absolute Gasteiger partial charge is 0.493 e. The summed E-state index contributed by atoms with van der Waals surface area (Å²) in [4.78, 5) is 15.1. The van der Waals surface area contributed by atoms with Crippen LogP contribution in [0, 0.1) is 0 Å². The summed E-state index contributed by atoms with van der Waals surface area (Å²) in [5, 5.41) is -0.314. The number of halogens is 2. The number of methoxy groups -OCH3 is 2. The van der Waals surface area contributed by atoms with Crippen molar-refractivity contribution in [3.8, 4) is 22.8 Å². The summed E-state index contributed by atoms with van der Waals surface area (Å²) in [7, 11) is 3.02. The molecule has 1 aromatic heterocycles. The van der Waals surface area contributed by atoms with Gasteiger partial charge in [-0.2, -0.15) is 0 Å². The molecule has 0 saturated heterocycles. The SMILES string of the molecule is COc1ccc(-c2oc(=O)c(Cl)nc2Cl)cc1OC. The summed E-state index contributed by atoms with van der Waals surface area (Å²) in [5.41, 5.74) is -0.222. The van der Waals surface area contributed by atoms with Crippen molar-refractivity contribution in [2.24, 2.45) is 0 Å². The highest BCUT2D eigenvalue weighted by Crippen LogP contribution is 2.34. The summed E-state index contributed by atoms with van der Waals surface area (Å²) >= 11 is 11.4. The average Bonchev–Trinajstić information content (AvgIpc) is 2.42. The smallest absolute Gasteiger partial charge is 0.374 e. The van der Waals surface area contributed by atoms with Crippen molar-refractivity contribution < 1.29 is 13.9 Å². The zero-order valence-corrected chi connectivity index (χ0v) is 11.6. The summed E-state index contributed by atoms with van der Waals surface area (Å²) < 4.78 is 15.3. The number of hydrogen-bond donors (Lipinski definition) is 0. The zero-order valence-electron chi connectivity index (χ0n) is 10.1. The first kappa shape index (κ1) is 13.7. The number of nitrogens with zero attached hydrogens (tertiary/aromatic N) is 1. The van der Waals surface area contributed by atoms with Crippen molar-refractivity contribution in [2.75, 3.05) is 14.2 Å². The molecule has 0 unspecified atom stereocenters. The molecule has 0 N–H and O–H groups in total. The van der Waals surface area contributed by atoms with Crippen LogP contribution in [0.2, 0.25) is 10.3 Å². The first-order valence-electron chi connectivity index (χ1n) is 5.15. The second kappa shape index (κ2) is 5.50. The third kappa shape index (κ3) is 2.67. The van der Waals surface area contributed by atoms with E-state index in [-0.39, 0.29) is 16.1 Å². The van der Waals surface area contributed by atoms with Gasteiger partial charge >= 0.3 is 5.63 Å². The molecule has 1 heterocycles. The van der Waals surface area contributed by atoms with Crippen molar-refractivity contribution in [3.63, 3.8) is 0 Å². The second-order valence-corrected chi connectivity index (χ2v) is 4.20. The third-order valence-electron chi connectivity index (χ3n) is 2.39. The zero-order chi connectivity index (χ0) is 14.0. The minimum absolute atomic E-state index is 0.00294. The van der Waals surface area contributed by atoms with E-state index in [1.807, 2.05) is 0 Å². The van der Waals surface area contributed by atoms with E-state index in [4.69, 9.17) is 37.1 Å². The maximum absolute atomic E-state index is 11.4. The van der Waals surface area contributed by atoms with E-state index in [0.29, 0.717) is 17.1 Å². The predicted octanol–water partition coefficient (Wildman–Crippen LogP) is 3.03. The van der Waals surface area contributed by atoms with Crippen LogP contribution in [-0.2, 0) is 0 Å². The molecule has 2 aromatic rings. The van der Waals surface area contributed by atoms with Gasteiger partial charge < -0.3 is 13.9 Å². The van der Waals surface area contributed by atoms with Crippen molar-refractivity contribution in [3.05, 3.63) is 38.9 Å². The Morgan fingerprint density at radius 3 is 2.42 bits per heavy atom. The average molecular weight is 302 g/mol. The summed E-state index contributed by atoms with van der Waals surface area (Å²) in [6, 6.07) is 4.96. The Morgan fingerprint density at radius 1 is 1.11 bits per heavy atom. The maximum Gasteiger partial charge on any atom is 0.374 e. The molecule has 0 aliphatic heterocycles. The van der Waals surface area contributed by atoms with Crippen LogP contribution in [0.25, 0.3) is 11.3 Å². The van der Waals surface area contributed by atoms with Gasteiger partial charge in [0.1, 0.15) is 0 Å². The van der Waals surface area contributed by atoms with Gasteiger partial charge in [0.05, 0.1) is 14.2 Å². The van der Waals surface area contributed by atoms with Crippen LogP contribution in [0.4, 0.5) is 0 Å². The van der Waals surface area contributed by atoms with Gasteiger partial charge in [-0.1, -0.05) is 23.2 Å². The summed E-state index contributed by atoms with van der Waals surface area (Å²) in [6.07, 6.45) is 0. The van der Waals surface area contributed by atoms with Crippen LogP contribution in [-0.4, -0.2) is 19.2 Å². The van der Waals surface area contributed by atoms with Crippen LogP contribution in [0.5, 0.6) is 11.5 Å². The van der Waals surface area contributed by atoms with Gasteiger partial charge in [-0.3, -0.25) is 0 Å². The fourth-order valence-corrected chi connectivity index (χ4v) is 1.91. The van der Waals surface area contributed by atoms with Gasteiger partial charge in [-0.25, -0.2) is 9.78 Å². The normalized spacial score (nSPS) is 10.3. The second-order valence-electron chi connectivity index (χ2n) is 3.48. The molecule has 0 aliphatic carbocycles. The van der Waals surface area contributed by atoms with Gasteiger partial charge in [0, 0.05) is 5.56 Å². The minimum atomic E-state index is -0.754. The van der Waals surface area contributed by atoms with Gasteiger partial charge in [-0.15, -0.1) is 0 Å². The van der Waals surface area contributed by atoms with Crippen LogP contribution < -0.4 is 15.1 Å². The molecule has 5 nitrogen and oxygen atoms in total. The highest BCUT2D eigenvalue weighted by Gasteiger charge is 2.14. The molecule has 0 spiro atoms. The van der Waals surface area contributed by atoms with E-state index in [1.165, 1.54) is 14.2 Å². The number of benzene rings is 1. The minimum Gasteiger partial charge on any atom is -0.493 e. The van der Waals surface area contributed by atoms with Crippen LogP contribution in [0.3, 0.4) is 0 Å². The molecule has 2 rings (SSSR count). The van der Waals surface area contributed by atoms with Crippen LogP contribution in [0.15, 0.2) is 27.4 Å². The molecule has 0 fully saturated rings. The molecule has 7 heteroatoms. The fraction of sp³-hybridized carbons (Fsp3) is 0.167. The monoisotopic (exact) mass is 301 g/mol. The molecule has 0 aliphatic rings. The standard InChI is InChI=1S/C12H9Cl2NO4/c1-17-7-4-3-6(5-8(7)18-2)9-10(13)15-11(14)12(16)19-9/h3-5H,1-2H3. The Bertz CT molecular complexity index is 669. The number of hydrogen-bond acceptors (Lipinski definition) is 5. The van der Waals surface area contributed by atoms with E-state index in [0.717, 1.165) is 0 Å². The topological polar surface area (TPSA) is 61.6 Å². The van der Waals surface area contributed by atoms with Crippen LogP contribution >= 0.6 is 23.2 Å². The number of aromatic nitrogens is 1. The number of ether oxygens (including phenoxy) is 2. The first-order chi connectivity index (χ1) is 9.06. The van der Waals surface area contributed by atoms with E-state index < -0.39 is 5.63 Å². The quantitative estimate of drug-likeness (QED) is 0.872. The molecular formula is C12H9Cl2NO4. The Labute approximate surface area is 118 Å². The van der Waals surface area contributed by atoms with Crippen molar-refractivity contribution in [1.29, 1.82) is 0 Å². The lowest BCUT2D eigenvalue weighted by atomic mass is 10.1. The van der Waals surface area contributed by atoms with Crippen molar-refractivity contribution in [1.82, 2.24) is 4.98 Å². The molecule has 0 bridgehead atoms. The van der Waals surface area contributed by atoms with Gasteiger partial charge in [0.2, 0.25) is 5.15 Å². The van der Waals surface area contributed by atoms with Crippen molar-refractivity contribution >= 4 is 23.2 Å². The molecule has 0 amide bonds. The van der Waals surface area contributed by atoms with E-state index in [1.54, 1.807) is 18.2 Å². The lowest BCUT2D eigenvalue weighted by Gasteiger charge is -2.09. The van der Waals surface area contributed by atoms with Gasteiger partial charge in [-0.05, 0) is 18.2 Å². The summed E-state index contributed by atoms with van der Waals surface area (Å²) in [6.45, 7) is 0. The Hall–Kier alpha value is -1.72. The predicted molar refractivity (Wildman–Crippen MR) is 71.3 cm³/mol. The van der Waals surface area contributed by atoms with E-state index in [2.05, 4.69) is 4.98 Å². The number of rotatable bonds is 3. The highest BCUT2D eigenvalue weighted by molar-refractivity contribution is 6.33. The Balaban J connectivity index is 2.59. The lowest BCUT2D eigenvalue weighted by molar-refractivity contribution is 0.355. The maximum atomic E-state index is 11.4. The third-order valence-corrected chi connectivity index (χ3v) is 2.89.